The molecule has 1 fully saturated rings. The van der Waals surface area contributed by atoms with E-state index in [0.717, 1.165) is 40.7 Å². The van der Waals surface area contributed by atoms with E-state index in [4.69, 9.17) is 11.6 Å². The highest BCUT2D eigenvalue weighted by atomic mass is 35.5. The lowest BCUT2D eigenvalue weighted by Crippen LogP contribution is -2.50. The first-order chi connectivity index (χ1) is 13.5. The number of piperazine rings is 1. The molecule has 0 atom stereocenters. The number of nitrogens with zero attached hydrogens (tertiary/aromatic N) is 2. The summed E-state index contributed by atoms with van der Waals surface area (Å²) < 4.78 is 78.3. The Labute approximate surface area is 169 Å². The molecule has 1 amide bonds. The van der Waals surface area contributed by atoms with Gasteiger partial charge in [0.15, 0.2) is 0 Å². The minimum atomic E-state index is -4.57. The Bertz CT molecular complexity index is 1040. The van der Waals surface area contributed by atoms with Gasteiger partial charge < -0.3 is 4.90 Å². The van der Waals surface area contributed by atoms with Crippen LogP contribution in [0.1, 0.15) is 15.9 Å². The number of hydrogen-bond acceptors (Lipinski definition) is 3. The zero-order valence-corrected chi connectivity index (χ0v) is 16.4. The molecular weight excluding hydrogens is 436 g/mol. The molecule has 11 heteroatoms. The highest BCUT2D eigenvalue weighted by Gasteiger charge is 2.33. The van der Waals surface area contributed by atoms with Crippen LogP contribution in [0.5, 0.6) is 0 Å². The highest BCUT2D eigenvalue weighted by Crippen LogP contribution is 2.30. The summed E-state index contributed by atoms with van der Waals surface area (Å²) in [7, 11) is -3.95. The molecule has 1 aliphatic heterocycles. The van der Waals surface area contributed by atoms with Gasteiger partial charge in [-0.05, 0) is 36.4 Å². The van der Waals surface area contributed by atoms with Crippen molar-refractivity contribution in [3.63, 3.8) is 0 Å². The molecule has 1 saturated heterocycles. The maximum absolute atomic E-state index is 13.3. The number of sulfonamides is 1. The minimum absolute atomic E-state index is 0.00321. The summed E-state index contributed by atoms with van der Waals surface area (Å²) in [6.07, 6.45) is -4.57. The fourth-order valence-corrected chi connectivity index (χ4v) is 4.62. The molecule has 1 heterocycles. The van der Waals surface area contributed by atoms with Gasteiger partial charge in [-0.25, -0.2) is 12.8 Å². The third-order valence-electron chi connectivity index (χ3n) is 4.49. The average Bonchev–Trinajstić information content (AvgIpc) is 2.69. The van der Waals surface area contributed by atoms with E-state index >= 15 is 0 Å². The number of hydrogen-bond donors (Lipinski definition) is 0. The maximum Gasteiger partial charge on any atom is 0.416 e. The minimum Gasteiger partial charge on any atom is -0.336 e. The molecule has 0 unspecified atom stereocenters. The molecule has 29 heavy (non-hydrogen) atoms. The third-order valence-corrected chi connectivity index (χ3v) is 6.68. The SMILES string of the molecule is O=C(c1cccc(C(F)(F)F)c1)N1CCN(S(=O)(=O)c2ccc(F)c(Cl)c2)CC1. The first-order valence-corrected chi connectivity index (χ1v) is 10.2. The summed E-state index contributed by atoms with van der Waals surface area (Å²) >= 11 is 5.65. The topological polar surface area (TPSA) is 57.7 Å². The lowest BCUT2D eigenvalue weighted by molar-refractivity contribution is -0.137. The van der Waals surface area contributed by atoms with Crippen molar-refractivity contribution in [1.82, 2.24) is 9.21 Å². The molecule has 0 aliphatic carbocycles. The number of amides is 1. The smallest absolute Gasteiger partial charge is 0.336 e. The summed E-state index contributed by atoms with van der Waals surface area (Å²) in [5.41, 5.74) is -1.06. The van der Waals surface area contributed by atoms with Gasteiger partial charge in [0.1, 0.15) is 5.82 Å². The van der Waals surface area contributed by atoms with E-state index in [-0.39, 0.29) is 41.7 Å². The van der Waals surface area contributed by atoms with Gasteiger partial charge in [-0.15, -0.1) is 0 Å². The zero-order valence-electron chi connectivity index (χ0n) is 14.8. The van der Waals surface area contributed by atoms with Crippen LogP contribution in [0.4, 0.5) is 17.6 Å². The summed E-state index contributed by atoms with van der Waals surface area (Å²) in [5.74, 6) is -1.36. The lowest BCUT2D eigenvalue weighted by Gasteiger charge is -2.34. The van der Waals surface area contributed by atoms with Crippen molar-refractivity contribution in [3.8, 4) is 0 Å². The fourth-order valence-electron chi connectivity index (χ4n) is 2.93. The summed E-state index contributed by atoms with van der Waals surface area (Å²) in [6, 6.07) is 7.11. The van der Waals surface area contributed by atoms with Crippen molar-refractivity contribution in [2.24, 2.45) is 0 Å². The number of alkyl halides is 3. The van der Waals surface area contributed by atoms with Gasteiger partial charge in [0.2, 0.25) is 10.0 Å². The van der Waals surface area contributed by atoms with E-state index in [1.165, 1.54) is 11.0 Å². The van der Waals surface area contributed by atoms with Crippen molar-refractivity contribution < 1.29 is 30.8 Å². The molecule has 0 bridgehead atoms. The standard InChI is InChI=1S/C18H15ClF4N2O3S/c19-15-11-14(4-5-16(15)20)29(27,28)25-8-6-24(7-9-25)17(26)12-2-1-3-13(10-12)18(21,22)23/h1-5,10-11H,6-9H2. The monoisotopic (exact) mass is 450 g/mol. The van der Waals surface area contributed by atoms with Gasteiger partial charge in [0.05, 0.1) is 15.5 Å². The lowest BCUT2D eigenvalue weighted by atomic mass is 10.1. The summed E-state index contributed by atoms with van der Waals surface area (Å²) in [6.45, 7) is -0.101. The van der Waals surface area contributed by atoms with E-state index in [0.29, 0.717) is 0 Å². The van der Waals surface area contributed by atoms with Crippen LogP contribution in [-0.2, 0) is 16.2 Å². The molecular formula is C18H15ClF4N2O3S. The molecule has 156 valence electrons. The predicted molar refractivity (Wildman–Crippen MR) is 97.5 cm³/mol. The molecule has 1 aliphatic rings. The van der Waals surface area contributed by atoms with Gasteiger partial charge in [0, 0.05) is 31.7 Å². The van der Waals surface area contributed by atoms with Crippen LogP contribution in [0.3, 0.4) is 0 Å². The van der Waals surface area contributed by atoms with Crippen molar-refractivity contribution >= 4 is 27.5 Å². The van der Waals surface area contributed by atoms with Crippen molar-refractivity contribution in [2.45, 2.75) is 11.1 Å². The predicted octanol–water partition coefficient (Wildman–Crippen LogP) is 3.64. The second-order valence-electron chi connectivity index (χ2n) is 6.35. The third kappa shape index (κ3) is 4.54. The van der Waals surface area contributed by atoms with E-state index in [2.05, 4.69) is 0 Å². The number of rotatable bonds is 3. The Kier molecular flexibility index (Phi) is 5.88. The van der Waals surface area contributed by atoms with E-state index < -0.39 is 33.5 Å². The quantitative estimate of drug-likeness (QED) is 0.671. The number of carbonyl (C=O) groups is 1. The maximum atomic E-state index is 13.3. The largest absolute Gasteiger partial charge is 0.416 e. The Morgan fingerprint density at radius 2 is 1.66 bits per heavy atom. The van der Waals surface area contributed by atoms with Gasteiger partial charge in [-0.3, -0.25) is 4.79 Å². The van der Waals surface area contributed by atoms with Crippen LogP contribution >= 0.6 is 11.6 Å². The summed E-state index contributed by atoms with van der Waals surface area (Å²) in [5, 5.41) is -0.329. The van der Waals surface area contributed by atoms with Gasteiger partial charge in [-0.2, -0.15) is 17.5 Å². The van der Waals surface area contributed by atoms with Crippen molar-refractivity contribution in [2.75, 3.05) is 26.2 Å². The Hall–Kier alpha value is -2.17. The normalized spacial score (nSPS) is 16.1. The Morgan fingerprint density at radius 1 is 1.00 bits per heavy atom. The van der Waals surface area contributed by atoms with E-state index in [9.17, 15) is 30.8 Å². The van der Waals surface area contributed by atoms with Gasteiger partial charge >= 0.3 is 6.18 Å². The Morgan fingerprint density at radius 3 is 2.24 bits per heavy atom. The van der Waals surface area contributed by atoms with Crippen LogP contribution in [0.25, 0.3) is 0 Å². The zero-order chi connectivity index (χ0) is 21.4. The van der Waals surface area contributed by atoms with Gasteiger partial charge in [0.25, 0.3) is 5.91 Å². The molecule has 3 rings (SSSR count). The molecule has 0 N–H and O–H groups in total. The molecule has 5 nitrogen and oxygen atoms in total. The Balaban J connectivity index is 1.72. The second-order valence-corrected chi connectivity index (χ2v) is 8.70. The van der Waals surface area contributed by atoms with Crippen LogP contribution in [0.2, 0.25) is 5.02 Å². The summed E-state index contributed by atoms with van der Waals surface area (Å²) in [4.78, 5) is 13.6. The number of carbonyl (C=O) groups excluding carboxylic acids is 1. The van der Waals surface area contributed by atoms with Crippen LogP contribution in [0.15, 0.2) is 47.4 Å². The fraction of sp³-hybridized carbons (Fsp3) is 0.278. The molecule has 0 saturated carbocycles. The van der Waals surface area contributed by atoms with E-state index in [1.807, 2.05) is 0 Å². The molecule has 0 aromatic heterocycles. The average molecular weight is 451 g/mol. The first kappa shape index (κ1) is 21.5. The van der Waals surface area contributed by atoms with Crippen LogP contribution in [0, 0.1) is 5.82 Å². The molecule has 2 aromatic rings. The molecule has 0 spiro atoms. The van der Waals surface area contributed by atoms with Crippen LogP contribution < -0.4 is 0 Å². The first-order valence-electron chi connectivity index (χ1n) is 8.42. The van der Waals surface area contributed by atoms with Crippen LogP contribution in [-0.4, -0.2) is 49.7 Å². The number of benzene rings is 2. The molecule has 0 radical (unpaired) electrons. The highest BCUT2D eigenvalue weighted by molar-refractivity contribution is 7.89. The van der Waals surface area contributed by atoms with Crippen molar-refractivity contribution in [3.05, 3.63) is 64.4 Å². The molecule has 2 aromatic carbocycles. The van der Waals surface area contributed by atoms with Gasteiger partial charge in [-0.1, -0.05) is 17.7 Å². The number of halogens is 5. The second kappa shape index (κ2) is 7.92. The van der Waals surface area contributed by atoms with E-state index in [1.54, 1.807) is 0 Å². The van der Waals surface area contributed by atoms with Crippen molar-refractivity contribution in [1.29, 1.82) is 0 Å².